The number of likely N-dealkylation sites (N-methyl/N-ethyl adjacent to an activating group) is 1. The summed E-state index contributed by atoms with van der Waals surface area (Å²) in [4.78, 5) is 15.9. The van der Waals surface area contributed by atoms with E-state index in [1.807, 2.05) is 32.8 Å². The Kier molecular flexibility index (Phi) is 14.8. The van der Waals surface area contributed by atoms with Gasteiger partial charge in [-0.3, -0.25) is 4.79 Å². The number of ether oxygens (including phenoxy) is 3. The molecule has 50 heavy (non-hydrogen) atoms. The molecule has 0 bridgehead atoms. The molecule has 12 nitrogen and oxygen atoms in total. The first-order valence-electron chi connectivity index (χ1n) is 18.0. The van der Waals surface area contributed by atoms with E-state index in [1.165, 1.54) is 26.0 Å². The minimum absolute atomic E-state index is 0.166. The van der Waals surface area contributed by atoms with Crippen molar-refractivity contribution < 1.29 is 48.9 Å². The number of halogens is 1. The number of benzene rings is 1. The molecule has 2 saturated heterocycles. The number of carbonyl (C=O) groups excluding carboxylic acids is 1. The molecule has 2 fully saturated rings. The van der Waals surface area contributed by atoms with Crippen LogP contribution in [0.15, 0.2) is 24.3 Å². The van der Waals surface area contributed by atoms with Gasteiger partial charge in [-0.25, -0.2) is 4.39 Å². The summed E-state index contributed by atoms with van der Waals surface area (Å²) >= 11 is 0. The van der Waals surface area contributed by atoms with Crippen molar-refractivity contribution in [3.8, 4) is 0 Å². The zero-order valence-corrected chi connectivity index (χ0v) is 31.6. The van der Waals surface area contributed by atoms with Crippen LogP contribution in [0.25, 0.3) is 0 Å². The van der Waals surface area contributed by atoms with Crippen molar-refractivity contribution in [3.05, 3.63) is 35.6 Å². The van der Waals surface area contributed by atoms with Gasteiger partial charge in [0.05, 0.1) is 29.3 Å². The van der Waals surface area contributed by atoms with Gasteiger partial charge in [-0.05, 0) is 98.1 Å². The van der Waals surface area contributed by atoms with E-state index in [-0.39, 0.29) is 49.8 Å². The largest absolute Gasteiger partial charge is 0.459 e. The van der Waals surface area contributed by atoms with Crippen LogP contribution in [0.1, 0.15) is 80.2 Å². The maximum Gasteiger partial charge on any atom is 0.312 e. The van der Waals surface area contributed by atoms with Gasteiger partial charge < -0.3 is 55.3 Å². The molecule has 0 amide bonds. The number of cyclic esters (lactones) is 1. The molecule has 2 aliphatic heterocycles. The smallest absolute Gasteiger partial charge is 0.312 e. The second-order valence-corrected chi connectivity index (χ2v) is 15.7. The van der Waals surface area contributed by atoms with Gasteiger partial charge in [-0.1, -0.05) is 32.9 Å². The molecule has 1 unspecified atom stereocenters. The summed E-state index contributed by atoms with van der Waals surface area (Å²) in [6.07, 6.45) is -5.23. The zero-order valence-electron chi connectivity index (χ0n) is 31.6. The first-order chi connectivity index (χ1) is 23.1. The Morgan fingerprint density at radius 2 is 1.68 bits per heavy atom. The number of esters is 1. The van der Waals surface area contributed by atoms with Crippen LogP contribution < -0.4 is 10.6 Å². The van der Waals surface area contributed by atoms with E-state index >= 15 is 0 Å². The first-order valence-corrected chi connectivity index (χ1v) is 18.0. The van der Waals surface area contributed by atoms with Crippen molar-refractivity contribution in [1.82, 2.24) is 15.5 Å². The highest BCUT2D eigenvalue weighted by atomic mass is 19.1. The van der Waals surface area contributed by atoms with Crippen LogP contribution in [0.5, 0.6) is 0 Å². The van der Waals surface area contributed by atoms with E-state index in [0.29, 0.717) is 13.0 Å². The molecule has 288 valence electrons. The molecule has 14 atom stereocenters. The molecule has 13 heteroatoms. The highest BCUT2D eigenvalue weighted by Gasteiger charge is 2.54. The van der Waals surface area contributed by atoms with E-state index in [0.717, 1.165) is 5.56 Å². The maximum atomic E-state index is 14.0. The van der Waals surface area contributed by atoms with Crippen LogP contribution in [0.4, 0.5) is 4.39 Å². The Balaban J connectivity index is 2.12. The lowest BCUT2D eigenvalue weighted by Crippen LogP contribution is -2.64. The maximum absolute atomic E-state index is 14.0. The predicted octanol–water partition coefficient (Wildman–Crippen LogP) is 1.93. The lowest BCUT2D eigenvalue weighted by molar-refractivity contribution is -0.304. The van der Waals surface area contributed by atoms with Gasteiger partial charge in [-0.2, -0.15) is 0 Å². The molecule has 2 aliphatic rings. The summed E-state index contributed by atoms with van der Waals surface area (Å²) in [5.74, 6) is -3.63. The number of aliphatic hydroxyl groups excluding tert-OH is 2. The third kappa shape index (κ3) is 10.00. The molecule has 0 saturated carbocycles. The van der Waals surface area contributed by atoms with Crippen LogP contribution in [0.2, 0.25) is 0 Å². The van der Waals surface area contributed by atoms with Crippen molar-refractivity contribution >= 4 is 5.97 Å². The average Bonchev–Trinajstić information content (AvgIpc) is 3.04. The van der Waals surface area contributed by atoms with E-state index in [9.17, 15) is 34.7 Å². The minimum Gasteiger partial charge on any atom is -0.459 e. The lowest BCUT2D eigenvalue weighted by Gasteiger charge is -2.49. The Hall–Kier alpha value is -1.78. The average molecular weight is 714 g/mol. The fourth-order valence-corrected chi connectivity index (χ4v) is 7.73. The van der Waals surface area contributed by atoms with Crippen LogP contribution in [0, 0.1) is 23.6 Å². The first kappa shape index (κ1) is 42.6. The normalized spacial score (nSPS) is 42.8. The third-order valence-electron chi connectivity index (χ3n) is 11.1. The summed E-state index contributed by atoms with van der Waals surface area (Å²) in [5.41, 5.74) is -4.68. The third-order valence-corrected chi connectivity index (χ3v) is 11.1. The van der Waals surface area contributed by atoms with Gasteiger partial charge in [0.25, 0.3) is 0 Å². The number of nitrogens with one attached hydrogen (secondary N) is 2. The van der Waals surface area contributed by atoms with Crippen LogP contribution in [0.3, 0.4) is 0 Å². The molecule has 3 rings (SSSR count). The summed E-state index contributed by atoms with van der Waals surface area (Å²) < 4.78 is 32.2. The number of carbonyl (C=O) groups is 1. The minimum atomic E-state index is -1.95. The van der Waals surface area contributed by atoms with Crippen LogP contribution in [-0.4, -0.2) is 129 Å². The lowest BCUT2D eigenvalue weighted by atomic mass is 9.70. The second kappa shape index (κ2) is 17.4. The predicted molar refractivity (Wildman–Crippen MR) is 187 cm³/mol. The van der Waals surface area contributed by atoms with Gasteiger partial charge in [0.2, 0.25) is 0 Å². The van der Waals surface area contributed by atoms with Crippen LogP contribution in [-0.2, 0) is 25.5 Å². The molecule has 0 radical (unpaired) electrons. The van der Waals surface area contributed by atoms with Gasteiger partial charge >= 0.3 is 5.97 Å². The standard InChI is InChI=1S/C37H64FN3O9/c1-11-29-36(8,46)31(43)25(6)40-18-21(2)17-35(7,45)32(50-34-30(42)28(41(9)10)16-22(3)48-34)23(4)37(47,24(5)33(44)49-29)20-39-19-26-12-14-27(38)15-13-26/h12-15,21-25,28-32,34,39-40,42-43,45-47H,11,16-20H2,1-10H3/t21-,22-,23-,24?,25-,28+,29-,30-,31-,32-,34+,35+,36-,37-/m1/s1. The summed E-state index contributed by atoms with van der Waals surface area (Å²) in [6, 6.07) is 4.98. The molecule has 1 aromatic carbocycles. The Labute approximate surface area is 297 Å². The van der Waals surface area contributed by atoms with Crippen LogP contribution >= 0.6 is 0 Å². The number of nitrogens with zero attached hydrogens (tertiary/aromatic N) is 1. The highest BCUT2D eigenvalue weighted by molar-refractivity contribution is 5.74. The Bertz CT molecular complexity index is 1220. The summed E-state index contributed by atoms with van der Waals surface area (Å²) in [6.45, 7) is 13.9. The molecular weight excluding hydrogens is 649 g/mol. The molecule has 0 aliphatic carbocycles. The Morgan fingerprint density at radius 3 is 2.26 bits per heavy atom. The molecular formula is C37H64FN3O9. The fourth-order valence-electron chi connectivity index (χ4n) is 7.73. The van der Waals surface area contributed by atoms with E-state index in [4.69, 9.17) is 14.2 Å². The van der Waals surface area contributed by atoms with E-state index in [2.05, 4.69) is 10.6 Å². The fraction of sp³-hybridized carbons (Fsp3) is 0.811. The van der Waals surface area contributed by atoms with Crippen molar-refractivity contribution in [2.75, 3.05) is 27.2 Å². The quantitative estimate of drug-likeness (QED) is 0.196. The second-order valence-electron chi connectivity index (χ2n) is 15.7. The number of rotatable bonds is 8. The van der Waals surface area contributed by atoms with Gasteiger partial charge in [0.15, 0.2) is 6.29 Å². The summed E-state index contributed by atoms with van der Waals surface area (Å²) in [5, 5.41) is 65.7. The zero-order chi connectivity index (χ0) is 37.8. The number of hydrogen-bond donors (Lipinski definition) is 7. The van der Waals surface area contributed by atoms with Crippen molar-refractivity contribution in [1.29, 1.82) is 0 Å². The number of hydrogen-bond acceptors (Lipinski definition) is 12. The SMILES string of the molecule is CC[C@H]1OC(=O)C(C)[C@@](O)(CNCc2ccc(F)cc2)[C@H](C)[C@@H](O[C@@H]2O[C@H](C)C[C@H](N(C)C)[C@H]2O)[C@@](C)(O)C[C@@H](C)CN[C@H](C)[C@@H](O)[C@]1(C)O. The molecule has 1 aromatic rings. The van der Waals surface area contributed by atoms with Gasteiger partial charge in [0.1, 0.15) is 29.7 Å². The monoisotopic (exact) mass is 713 g/mol. The topological polar surface area (TPSA) is 173 Å². The molecule has 7 N–H and O–H groups in total. The number of aliphatic hydroxyl groups is 5. The van der Waals surface area contributed by atoms with Crippen molar-refractivity contribution in [3.63, 3.8) is 0 Å². The van der Waals surface area contributed by atoms with E-state index in [1.54, 1.807) is 39.8 Å². The highest BCUT2D eigenvalue weighted by Crippen LogP contribution is 2.40. The van der Waals surface area contributed by atoms with Crippen molar-refractivity contribution in [2.24, 2.45) is 17.8 Å². The molecule has 0 aromatic heterocycles. The van der Waals surface area contributed by atoms with Gasteiger partial charge in [-0.15, -0.1) is 0 Å². The Morgan fingerprint density at radius 1 is 1.06 bits per heavy atom. The van der Waals surface area contributed by atoms with E-state index < -0.39 is 71.4 Å². The van der Waals surface area contributed by atoms with Gasteiger partial charge in [0, 0.05) is 31.1 Å². The summed E-state index contributed by atoms with van der Waals surface area (Å²) in [7, 11) is 3.72. The van der Waals surface area contributed by atoms with Crippen molar-refractivity contribution in [2.45, 2.75) is 147 Å². The molecule has 0 spiro atoms. The molecule has 2 heterocycles.